The number of aryl methyl sites for hydroxylation is 1. The maximum Gasteiger partial charge on any atom is 0.317 e. The molecule has 3 aromatic rings. The van der Waals surface area contributed by atoms with Gasteiger partial charge in [-0.05, 0) is 36.8 Å². The van der Waals surface area contributed by atoms with Crippen LogP contribution in [-0.4, -0.2) is 27.1 Å². The number of rotatable bonds is 4. The zero-order valence-corrected chi connectivity index (χ0v) is 16.9. The average molecular weight is 429 g/mol. The van der Waals surface area contributed by atoms with Gasteiger partial charge >= 0.3 is 10.8 Å². The monoisotopic (exact) mass is 429 g/mol. The predicted molar refractivity (Wildman–Crippen MR) is 109 cm³/mol. The first-order valence-corrected chi connectivity index (χ1v) is 10.5. The lowest BCUT2D eigenvalue weighted by Gasteiger charge is -2.34. The molecule has 0 fully saturated rings. The molecule has 0 amide bonds. The van der Waals surface area contributed by atoms with Crippen molar-refractivity contribution in [3.8, 4) is 0 Å². The van der Waals surface area contributed by atoms with E-state index in [0.717, 1.165) is 34.2 Å². The second-order valence-electron chi connectivity index (χ2n) is 6.87. The lowest BCUT2D eigenvalue weighted by Crippen LogP contribution is -2.39. The Labute approximate surface area is 173 Å². The molecular weight excluding hydrogens is 413 g/mol. The summed E-state index contributed by atoms with van der Waals surface area (Å²) in [4.78, 5) is 40.6. The molecule has 1 aliphatic rings. The Balaban J connectivity index is 1.90. The maximum absolute atomic E-state index is 13.4. The van der Waals surface area contributed by atoms with Crippen molar-refractivity contribution in [3.05, 3.63) is 85.6 Å². The summed E-state index contributed by atoms with van der Waals surface area (Å²) in [5, 5.41) is 9.27. The highest BCUT2D eigenvalue weighted by Crippen LogP contribution is 2.50. The minimum absolute atomic E-state index is 0.242. The van der Waals surface area contributed by atoms with Gasteiger partial charge in [0.05, 0.1) is 10.9 Å². The van der Waals surface area contributed by atoms with Crippen LogP contribution in [0.1, 0.15) is 32.3 Å². The third kappa shape index (κ3) is 3.65. The van der Waals surface area contributed by atoms with Crippen molar-refractivity contribution in [1.82, 2.24) is 4.98 Å². The number of carboxylic acid groups (broad SMARTS) is 1. The number of Topliss-reactive ketones (excluding diaryl/α,β-unsaturated/α-hetero) is 1. The fraction of sp³-hybridized carbons (Fsp3) is 0.190. The molecule has 5 nitrogen and oxygen atoms in total. The molecule has 0 spiro atoms. The van der Waals surface area contributed by atoms with Gasteiger partial charge < -0.3 is 10.1 Å². The topological polar surface area (TPSA) is 87.2 Å². The molecule has 148 valence electrons. The molecule has 1 aromatic heterocycles. The average Bonchev–Trinajstić information content (AvgIpc) is 3.07. The first-order chi connectivity index (χ1) is 13.8. The van der Waals surface area contributed by atoms with Crippen LogP contribution in [0.25, 0.3) is 0 Å². The number of carbonyl (C=O) groups excluding carboxylic acids is 1. The number of nitrogens with one attached hydrogen (secondary N) is 1. The second-order valence-corrected chi connectivity index (χ2v) is 9.04. The number of hydrogen-bond donors (Lipinski definition) is 2. The van der Waals surface area contributed by atoms with E-state index in [1.807, 2.05) is 31.2 Å². The number of thioether (sulfide) groups is 1. The lowest BCUT2D eigenvalue weighted by molar-refractivity contribution is -0.137. The molecule has 1 aliphatic heterocycles. The Hall–Kier alpha value is -2.71. The molecule has 0 radical (unpaired) electrons. The van der Waals surface area contributed by atoms with Gasteiger partial charge in [-0.15, -0.1) is 0 Å². The van der Waals surface area contributed by atoms with Crippen LogP contribution < -0.4 is 4.87 Å². The summed E-state index contributed by atoms with van der Waals surface area (Å²) >= 11 is 1.97. The number of aromatic amines is 1. The summed E-state index contributed by atoms with van der Waals surface area (Å²) in [6, 6.07) is 12.6. The molecule has 2 N–H and O–H groups in total. The molecule has 2 heterocycles. The minimum Gasteiger partial charge on any atom is -0.480 e. The highest BCUT2D eigenvalue weighted by atomic mass is 32.2. The number of halogens is 1. The zero-order chi connectivity index (χ0) is 20.7. The standard InChI is InChI=1S/C21H16FNO4S2/c1-10-2-4-11(5-3-10)14-15(16(24)12-6-8-13(22)9-7-12)18(20(25)26)28-19-17(14)29-21(27)23-19/h2-9,14-15,18H,1H3,(H,23,27)(H,25,26)/t14-,15-,18+/m0/s1. The SMILES string of the molecule is Cc1ccc([C@@H]2c3sc(=O)[nH]c3S[C@@H](C(=O)O)[C@@H]2C(=O)c2ccc(F)cc2)cc1. The van der Waals surface area contributed by atoms with Crippen molar-refractivity contribution in [2.24, 2.45) is 5.92 Å². The van der Waals surface area contributed by atoms with Gasteiger partial charge in [0.2, 0.25) is 0 Å². The molecule has 0 unspecified atom stereocenters. The van der Waals surface area contributed by atoms with E-state index in [1.165, 1.54) is 24.3 Å². The number of fused-ring (bicyclic) bond motifs is 1. The highest BCUT2D eigenvalue weighted by molar-refractivity contribution is 8.00. The van der Waals surface area contributed by atoms with Gasteiger partial charge in [0.1, 0.15) is 11.1 Å². The van der Waals surface area contributed by atoms with Crippen molar-refractivity contribution < 1.29 is 19.1 Å². The van der Waals surface area contributed by atoms with Gasteiger partial charge in [0.25, 0.3) is 0 Å². The molecule has 0 aliphatic carbocycles. The van der Waals surface area contributed by atoms with Crippen LogP contribution in [-0.2, 0) is 4.79 Å². The smallest absolute Gasteiger partial charge is 0.317 e. The number of ketones is 1. The maximum atomic E-state index is 13.4. The number of H-pyrrole nitrogens is 1. The van der Waals surface area contributed by atoms with E-state index < -0.39 is 28.9 Å². The van der Waals surface area contributed by atoms with Crippen molar-refractivity contribution in [2.75, 3.05) is 0 Å². The minimum atomic E-state index is -1.13. The molecule has 8 heteroatoms. The summed E-state index contributed by atoms with van der Waals surface area (Å²) in [5.41, 5.74) is 2.03. The Morgan fingerprint density at radius 1 is 1.07 bits per heavy atom. The number of thiazole rings is 1. The van der Waals surface area contributed by atoms with E-state index in [2.05, 4.69) is 4.98 Å². The van der Waals surface area contributed by atoms with Gasteiger partial charge in [0.15, 0.2) is 5.78 Å². The van der Waals surface area contributed by atoms with E-state index >= 15 is 0 Å². The Morgan fingerprint density at radius 2 is 1.72 bits per heavy atom. The van der Waals surface area contributed by atoms with Gasteiger partial charge in [-0.2, -0.15) is 0 Å². The van der Waals surface area contributed by atoms with Crippen molar-refractivity contribution in [3.63, 3.8) is 0 Å². The third-order valence-corrected chi connectivity index (χ3v) is 7.37. The number of hydrogen-bond acceptors (Lipinski definition) is 5. The predicted octanol–water partition coefficient (Wildman–Crippen LogP) is 4.07. The molecule has 4 rings (SSSR count). The van der Waals surface area contributed by atoms with Crippen LogP contribution in [0.3, 0.4) is 0 Å². The van der Waals surface area contributed by atoms with Crippen LogP contribution in [0, 0.1) is 18.7 Å². The van der Waals surface area contributed by atoms with E-state index in [9.17, 15) is 23.9 Å². The molecule has 0 saturated carbocycles. The first-order valence-electron chi connectivity index (χ1n) is 8.84. The molecule has 3 atom stereocenters. The summed E-state index contributed by atoms with van der Waals surface area (Å²) < 4.78 is 13.3. The van der Waals surface area contributed by atoms with Crippen LogP contribution in [0.15, 0.2) is 58.4 Å². The van der Waals surface area contributed by atoms with Crippen LogP contribution in [0.2, 0.25) is 0 Å². The quantitative estimate of drug-likeness (QED) is 0.611. The van der Waals surface area contributed by atoms with E-state index in [4.69, 9.17) is 0 Å². The number of carboxylic acids is 1. The largest absolute Gasteiger partial charge is 0.480 e. The summed E-state index contributed by atoms with van der Waals surface area (Å²) in [6.45, 7) is 1.93. The van der Waals surface area contributed by atoms with Gasteiger partial charge in [-0.1, -0.05) is 52.9 Å². The fourth-order valence-electron chi connectivity index (χ4n) is 3.59. The molecular formula is C21H16FNO4S2. The molecule has 29 heavy (non-hydrogen) atoms. The van der Waals surface area contributed by atoms with Crippen LogP contribution in [0.5, 0.6) is 0 Å². The van der Waals surface area contributed by atoms with Crippen molar-refractivity contribution in [1.29, 1.82) is 0 Å². The van der Waals surface area contributed by atoms with Crippen LogP contribution >= 0.6 is 23.1 Å². The van der Waals surface area contributed by atoms with E-state index in [-0.39, 0.29) is 16.2 Å². The number of aliphatic carboxylic acids is 1. The highest BCUT2D eigenvalue weighted by Gasteiger charge is 2.47. The fourth-order valence-corrected chi connectivity index (χ4v) is 6.01. The van der Waals surface area contributed by atoms with Crippen molar-refractivity contribution in [2.45, 2.75) is 23.1 Å². The normalized spacial score (nSPS) is 20.8. The second kappa shape index (κ2) is 7.61. The Morgan fingerprint density at radius 3 is 2.34 bits per heavy atom. The third-order valence-electron chi connectivity index (χ3n) is 4.97. The van der Waals surface area contributed by atoms with Crippen molar-refractivity contribution >= 4 is 34.9 Å². The van der Waals surface area contributed by atoms with E-state index in [1.54, 1.807) is 0 Å². The first kappa shape index (κ1) is 19.6. The summed E-state index contributed by atoms with van der Waals surface area (Å²) in [7, 11) is 0. The van der Waals surface area contributed by atoms with Gasteiger partial charge in [-0.3, -0.25) is 14.4 Å². The lowest BCUT2D eigenvalue weighted by atomic mass is 9.77. The summed E-state index contributed by atoms with van der Waals surface area (Å²) in [6.07, 6.45) is 0. The Bertz CT molecular complexity index is 1130. The number of carbonyl (C=O) groups is 2. The van der Waals surface area contributed by atoms with Gasteiger partial charge in [-0.25, -0.2) is 4.39 Å². The van der Waals surface area contributed by atoms with Crippen LogP contribution in [0.4, 0.5) is 4.39 Å². The van der Waals surface area contributed by atoms with E-state index in [0.29, 0.717) is 9.90 Å². The zero-order valence-electron chi connectivity index (χ0n) is 15.2. The molecule has 2 aromatic carbocycles. The number of benzene rings is 2. The van der Waals surface area contributed by atoms with Gasteiger partial charge in [0, 0.05) is 16.4 Å². The Kier molecular flexibility index (Phi) is 5.14. The number of aromatic nitrogens is 1. The molecule has 0 bridgehead atoms. The molecule has 0 saturated heterocycles. The summed E-state index contributed by atoms with van der Waals surface area (Å²) in [5.74, 6) is -3.53.